The van der Waals surface area contributed by atoms with E-state index >= 15 is 4.39 Å². The Kier molecular flexibility index (Phi) is 7.54. The molecule has 0 bridgehead atoms. The molecule has 6 aromatic carbocycles. The molecule has 0 spiro atoms. The number of hydrogen-bond acceptors (Lipinski definition) is 3. The third-order valence-corrected chi connectivity index (χ3v) is 10.4. The fourth-order valence-electron chi connectivity index (χ4n) is 7.67. The van der Waals surface area contributed by atoms with E-state index < -0.39 is 5.82 Å². The number of nitriles is 3. The van der Waals surface area contributed by atoms with Crippen LogP contribution in [0.25, 0.3) is 66.1 Å². The Morgan fingerprint density at radius 1 is 0.491 bits per heavy atom. The largest absolute Gasteiger partial charge is 0.308 e. The molecule has 6 heteroatoms. The van der Waals surface area contributed by atoms with E-state index in [-0.39, 0.29) is 33.1 Å². The van der Waals surface area contributed by atoms with Crippen LogP contribution >= 0.6 is 0 Å². The highest BCUT2D eigenvalue weighted by atomic mass is 19.1. The summed E-state index contributed by atoms with van der Waals surface area (Å²) in [7, 11) is 0. The van der Waals surface area contributed by atoms with E-state index in [2.05, 4.69) is 102 Å². The van der Waals surface area contributed by atoms with Crippen molar-refractivity contribution < 1.29 is 4.39 Å². The zero-order valence-corrected chi connectivity index (χ0v) is 30.5. The van der Waals surface area contributed by atoms with Crippen LogP contribution in [-0.2, 0) is 10.8 Å². The molecule has 0 aliphatic carbocycles. The molecular weight excluding hydrogens is 654 g/mol. The van der Waals surface area contributed by atoms with Gasteiger partial charge in [-0.2, -0.15) is 15.8 Å². The number of aromatic nitrogens is 2. The SMILES string of the molecule is CC(C)(C)c1ccc2c(c1)c1cc(C(C)(C)C)ccc1n2-c1c(C#N)c(-c2ccc(C#N)cc2F)cc(-n2c3ccccc3c3ccccc32)c1C#N. The summed E-state index contributed by atoms with van der Waals surface area (Å²) in [6, 6.07) is 41.8. The molecule has 0 saturated carbocycles. The van der Waals surface area contributed by atoms with Crippen molar-refractivity contribution in [2.75, 3.05) is 0 Å². The number of fused-ring (bicyclic) bond motifs is 6. The van der Waals surface area contributed by atoms with Gasteiger partial charge in [-0.05, 0) is 76.6 Å². The average molecular weight is 690 g/mol. The van der Waals surface area contributed by atoms with E-state index in [1.807, 2.05) is 51.6 Å². The molecule has 0 radical (unpaired) electrons. The van der Waals surface area contributed by atoms with Crippen molar-refractivity contribution in [2.45, 2.75) is 52.4 Å². The van der Waals surface area contributed by atoms with Gasteiger partial charge >= 0.3 is 0 Å². The lowest BCUT2D eigenvalue weighted by atomic mass is 9.85. The summed E-state index contributed by atoms with van der Waals surface area (Å²) in [5.74, 6) is -0.628. The van der Waals surface area contributed by atoms with Crippen molar-refractivity contribution >= 4 is 43.6 Å². The molecule has 0 unspecified atom stereocenters. The van der Waals surface area contributed by atoms with Gasteiger partial charge in [0.15, 0.2) is 0 Å². The molecule has 8 aromatic rings. The number of nitrogens with zero attached hydrogens (tertiary/aromatic N) is 5. The maximum atomic E-state index is 16.2. The topological polar surface area (TPSA) is 81.2 Å². The molecule has 0 aliphatic rings. The van der Waals surface area contributed by atoms with Crippen LogP contribution in [0.1, 0.15) is 69.4 Å². The molecule has 53 heavy (non-hydrogen) atoms. The summed E-state index contributed by atoms with van der Waals surface area (Å²) in [4.78, 5) is 0. The lowest BCUT2D eigenvalue weighted by Crippen LogP contribution is -2.11. The van der Waals surface area contributed by atoms with Crippen LogP contribution in [-0.4, -0.2) is 9.13 Å². The second kappa shape index (κ2) is 11.9. The number of halogens is 1. The first kappa shape index (κ1) is 33.5. The van der Waals surface area contributed by atoms with Gasteiger partial charge in [0.2, 0.25) is 0 Å². The van der Waals surface area contributed by atoms with Gasteiger partial charge in [-0.15, -0.1) is 0 Å². The average Bonchev–Trinajstić information content (AvgIpc) is 3.65. The summed E-state index contributed by atoms with van der Waals surface area (Å²) in [6.45, 7) is 13.1. The molecule has 2 heterocycles. The van der Waals surface area contributed by atoms with Crippen LogP contribution in [0, 0.1) is 39.8 Å². The Hall–Kier alpha value is -6.68. The van der Waals surface area contributed by atoms with Crippen LogP contribution in [0.2, 0.25) is 0 Å². The van der Waals surface area contributed by atoms with Gasteiger partial charge in [0.05, 0.1) is 50.6 Å². The smallest absolute Gasteiger partial charge is 0.132 e. The maximum absolute atomic E-state index is 16.2. The highest BCUT2D eigenvalue weighted by Gasteiger charge is 2.29. The zero-order valence-electron chi connectivity index (χ0n) is 30.5. The minimum Gasteiger partial charge on any atom is -0.308 e. The molecule has 0 saturated heterocycles. The molecule has 0 N–H and O–H groups in total. The number of benzene rings is 6. The first-order valence-electron chi connectivity index (χ1n) is 17.6. The monoisotopic (exact) mass is 689 g/mol. The Morgan fingerprint density at radius 3 is 1.47 bits per heavy atom. The molecule has 2 aromatic heterocycles. The second-order valence-corrected chi connectivity index (χ2v) is 15.7. The van der Waals surface area contributed by atoms with Crippen molar-refractivity contribution in [2.24, 2.45) is 0 Å². The normalized spacial score (nSPS) is 12.0. The van der Waals surface area contributed by atoms with E-state index in [1.165, 1.54) is 6.07 Å². The molecule has 0 amide bonds. The summed E-state index contributed by atoms with van der Waals surface area (Å²) < 4.78 is 20.2. The maximum Gasteiger partial charge on any atom is 0.132 e. The zero-order chi connectivity index (χ0) is 37.4. The van der Waals surface area contributed by atoms with Gasteiger partial charge in [-0.25, -0.2) is 4.39 Å². The van der Waals surface area contributed by atoms with Gasteiger partial charge in [0.25, 0.3) is 0 Å². The predicted octanol–water partition coefficient (Wildman–Crippen LogP) is 11.9. The number of para-hydroxylation sites is 2. The Labute approximate surface area is 308 Å². The minimum atomic E-state index is -0.628. The molecule has 0 aliphatic heterocycles. The highest BCUT2D eigenvalue weighted by Crippen LogP contribution is 2.44. The van der Waals surface area contributed by atoms with Crippen LogP contribution in [0.3, 0.4) is 0 Å². The molecule has 0 fully saturated rings. The van der Waals surface area contributed by atoms with Gasteiger partial charge in [0.1, 0.15) is 23.5 Å². The first-order valence-corrected chi connectivity index (χ1v) is 17.6. The number of rotatable bonds is 3. The Balaban J connectivity index is 1.61. The minimum absolute atomic E-state index is 0.128. The van der Waals surface area contributed by atoms with E-state index in [0.717, 1.165) is 54.7 Å². The second-order valence-electron chi connectivity index (χ2n) is 15.7. The van der Waals surface area contributed by atoms with E-state index in [4.69, 9.17) is 0 Å². The van der Waals surface area contributed by atoms with Crippen molar-refractivity contribution in [3.63, 3.8) is 0 Å². The summed E-state index contributed by atoms with van der Waals surface area (Å²) in [6.07, 6.45) is 0. The fraction of sp³-hybridized carbons (Fsp3) is 0.170. The van der Waals surface area contributed by atoms with Crippen molar-refractivity contribution in [3.05, 3.63) is 143 Å². The van der Waals surface area contributed by atoms with Gasteiger partial charge in [-0.3, -0.25) is 0 Å². The van der Waals surface area contributed by atoms with Gasteiger partial charge in [0, 0.05) is 32.7 Å². The van der Waals surface area contributed by atoms with Crippen LogP contribution < -0.4 is 0 Å². The van der Waals surface area contributed by atoms with E-state index in [9.17, 15) is 15.8 Å². The van der Waals surface area contributed by atoms with Crippen LogP contribution in [0.4, 0.5) is 4.39 Å². The van der Waals surface area contributed by atoms with Crippen molar-refractivity contribution in [3.8, 4) is 40.7 Å². The quantitative estimate of drug-likeness (QED) is 0.185. The summed E-state index contributed by atoms with van der Waals surface area (Å²) in [5, 5.41) is 36.0. The Morgan fingerprint density at radius 2 is 1.00 bits per heavy atom. The van der Waals surface area contributed by atoms with Crippen LogP contribution in [0.15, 0.2) is 109 Å². The van der Waals surface area contributed by atoms with Gasteiger partial charge in [-0.1, -0.05) is 96.1 Å². The fourth-order valence-corrected chi connectivity index (χ4v) is 7.67. The van der Waals surface area contributed by atoms with Gasteiger partial charge < -0.3 is 9.13 Å². The lowest BCUT2D eigenvalue weighted by molar-refractivity contribution is 0.590. The standard InChI is InChI=1S/C47H36FN5/c1-46(2,3)29-16-19-42-35(22-29)36-23-30(47(4,5)6)17-20-43(36)53(42)45-37(26-50)34(31-18-15-28(25-49)21-39(31)48)24-44(38(45)27-51)52-40-13-9-7-11-32(40)33-12-8-10-14-41(33)52/h7-24H,1-6H3. The van der Waals surface area contributed by atoms with E-state index in [1.54, 1.807) is 18.2 Å². The summed E-state index contributed by atoms with van der Waals surface area (Å²) in [5.41, 5.74) is 7.47. The molecular formula is C47H36FN5. The predicted molar refractivity (Wildman–Crippen MR) is 212 cm³/mol. The molecule has 8 rings (SSSR count). The molecule has 0 atom stereocenters. The van der Waals surface area contributed by atoms with Crippen molar-refractivity contribution in [1.29, 1.82) is 15.8 Å². The van der Waals surface area contributed by atoms with Crippen molar-refractivity contribution in [1.82, 2.24) is 9.13 Å². The first-order chi connectivity index (χ1) is 25.3. The molecule has 5 nitrogen and oxygen atoms in total. The lowest BCUT2D eigenvalue weighted by Gasteiger charge is -2.21. The van der Waals surface area contributed by atoms with E-state index in [0.29, 0.717) is 16.9 Å². The summed E-state index contributed by atoms with van der Waals surface area (Å²) >= 11 is 0. The highest BCUT2D eigenvalue weighted by molar-refractivity contribution is 6.12. The third-order valence-electron chi connectivity index (χ3n) is 10.4. The number of hydrogen-bond donors (Lipinski definition) is 0. The van der Waals surface area contributed by atoms with Crippen LogP contribution in [0.5, 0.6) is 0 Å². The third kappa shape index (κ3) is 5.17. The Bertz CT molecular complexity index is 2830. The molecule has 256 valence electrons.